The van der Waals surface area contributed by atoms with Crippen LogP contribution in [0.15, 0.2) is 29.2 Å². The number of hydrogen-bond donors (Lipinski definition) is 2. The van der Waals surface area contributed by atoms with Gasteiger partial charge in [0.1, 0.15) is 0 Å². The first-order valence-electron chi connectivity index (χ1n) is 9.35. The second-order valence-electron chi connectivity index (χ2n) is 7.23. The van der Waals surface area contributed by atoms with Gasteiger partial charge in [-0.05, 0) is 55.9 Å². The van der Waals surface area contributed by atoms with Gasteiger partial charge in [-0.15, -0.1) is 0 Å². The van der Waals surface area contributed by atoms with E-state index in [0.29, 0.717) is 25.2 Å². The fourth-order valence-corrected chi connectivity index (χ4v) is 5.25. The molecule has 26 heavy (non-hydrogen) atoms. The molecule has 1 aromatic carbocycles. The van der Waals surface area contributed by atoms with Crippen molar-refractivity contribution in [3.05, 3.63) is 24.3 Å². The van der Waals surface area contributed by atoms with Crippen LogP contribution in [0.5, 0.6) is 0 Å². The van der Waals surface area contributed by atoms with Gasteiger partial charge in [0.25, 0.3) is 0 Å². The summed E-state index contributed by atoms with van der Waals surface area (Å²) in [5.74, 6) is 0.0423. The highest BCUT2D eigenvalue weighted by atomic mass is 32.2. The first kappa shape index (κ1) is 19.1. The van der Waals surface area contributed by atoms with E-state index < -0.39 is 10.0 Å². The van der Waals surface area contributed by atoms with Crippen LogP contribution in [0.2, 0.25) is 0 Å². The van der Waals surface area contributed by atoms with Crippen LogP contribution >= 0.6 is 0 Å². The number of hydrogen-bond acceptors (Lipinski definition) is 5. The summed E-state index contributed by atoms with van der Waals surface area (Å²) in [6.07, 6.45) is 5.45. The Morgan fingerprint density at radius 2 is 1.77 bits per heavy atom. The van der Waals surface area contributed by atoms with E-state index in [4.69, 9.17) is 5.73 Å². The molecule has 0 saturated carbocycles. The maximum Gasteiger partial charge on any atom is 0.243 e. The van der Waals surface area contributed by atoms with E-state index in [0.717, 1.165) is 38.8 Å². The lowest BCUT2D eigenvalue weighted by molar-refractivity contribution is -0.127. The van der Waals surface area contributed by atoms with Crippen LogP contribution in [0.25, 0.3) is 0 Å². The minimum Gasteiger partial charge on any atom is -0.399 e. The number of piperidine rings is 2. The molecule has 3 N–H and O–H groups in total. The average molecular weight is 381 g/mol. The van der Waals surface area contributed by atoms with Gasteiger partial charge in [0.15, 0.2) is 0 Å². The molecule has 0 radical (unpaired) electrons. The molecule has 0 aliphatic carbocycles. The number of carbonyl (C=O) groups is 1. The third kappa shape index (κ3) is 4.75. The zero-order valence-corrected chi connectivity index (χ0v) is 15.9. The Kier molecular flexibility index (Phi) is 6.16. The lowest BCUT2D eigenvalue weighted by Gasteiger charge is -2.32. The standard InChI is InChI=1S/C18H28N4O3S/c19-16-6-8-17(9-7-16)26(24,25)22-12-4-5-15(14-22)13-18(23)20-21-10-2-1-3-11-21/h6-9,15H,1-5,10-14,19H2,(H,20,23). The predicted octanol–water partition coefficient (Wildman–Crippen LogP) is 1.58. The van der Waals surface area contributed by atoms with Gasteiger partial charge in [0, 0.05) is 38.3 Å². The molecule has 2 aliphatic heterocycles. The highest BCUT2D eigenvalue weighted by Gasteiger charge is 2.31. The summed E-state index contributed by atoms with van der Waals surface area (Å²) in [5, 5.41) is 1.98. The quantitative estimate of drug-likeness (QED) is 0.756. The topological polar surface area (TPSA) is 95.7 Å². The van der Waals surface area contributed by atoms with Crippen molar-refractivity contribution in [1.82, 2.24) is 14.7 Å². The first-order valence-corrected chi connectivity index (χ1v) is 10.8. The summed E-state index contributed by atoms with van der Waals surface area (Å²) in [5.41, 5.74) is 9.15. The van der Waals surface area contributed by atoms with Crippen molar-refractivity contribution in [3.8, 4) is 0 Å². The second kappa shape index (κ2) is 8.37. The molecule has 1 aromatic rings. The van der Waals surface area contributed by atoms with Crippen LogP contribution in [-0.4, -0.2) is 49.8 Å². The Morgan fingerprint density at radius 1 is 1.08 bits per heavy atom. The van der Waals surface area contributed by atoms with Crippen LogP contribution < -0.4 is 11.2 Å². The smallest absolute Gasteiger partial charge is 0.243 e. The van der Waals surface area contributed by atoms with Gasteiger partial charge in [-0.2, -0.15) is 4.31 Å². The number of amides is 1. The molecular formula is C18H28N4O3S. The zero-order valence-electron chi connectivity index (χ0n) is 15.1. The molecule has 1 amide bonds. The van der Waals surface area contributed by atoms with Gasteiger partial charge in [-0.3, -0.25) is 10.2 Å². The summed E-state index contributed by atoms with van der Waals surface area (Å²) in [7, 11) is -3.54. The number of anilines is 1. The largest absolute Gasteiger partial charge is 0.399 e. The first-order chi connectivity index (χ1) is 12.4. The minimum absolute atomic E-state index is 0.0105. The normalized spacial score (nSPS) is 22.8. The van der Waals surface area contributed by atoms with E-state index in [1.807, 2.05) is 5.01 Å². The SMILES string of the molecule is Nc1ccc(S(=O)(=O)N2CCCC(CC(=O)NN3CCCCC3)C2)cc1. The van der Waals surface area contributed by atoms with Gasteiger partial charge >= 0.3 is 0 Å². The number of rotatable bonds is 5. The monoisotopic (exact) mass is 380 g/mol. The zero-order chi connectivity index (χ0) is 18.6. The maximum absolute atomic E-state index is 12.8. The molecule has 0 bridgehead atoms. The molecule has 2 aliphatic rings. The highest BCUT2D eigenvalue weighted by molar-refractivity contribution is 7.89. The predicted molar refractivity (Wildman–Crippen MR) is 101 cm³/mol. The van der Waals surface area contributed by atoms with Crippen LogP contribution in [0.4, 0.5) is 5.69 Å². The molecule has 144 valence electrons. The van der Waals surface area contributed by atoms with Gasteiger partial charge in [-0.25, -0.2) is 13.4 Å². The Labute approximate surface area is 155 Å². The number of nitrogens with one attached hydrogen (secondary N) is 1. The van der Waals surface area contributed by atoms with E-state index in [-0.39, 0.29) is 16.7 Å². The van der Waals surface area contributed by atoms with Crippen molar-refractivity contribution < 1.29 is 13.2 Å². The molecule has 2 heterocycles. The lowest BCUT2D eigenvalue weighted by Crippen LogP contribution is -2.47. The number of nitrogens with two attached hydrogens (primary N) is 1. The molecular weight excluding hydrogens is 352 g/mol. The van der Waals surface area contributed by atoms with E-state index >= 15 is 0 Å². The van der Waals surface area contributed by atoms with Gasteiger partial charge < -0.3 is 5.73 Å². The summed E-state index contributed by atoms with van der Waals surface area (Å²) in [4.78, 5) is 12.6. The molecule has 0 aromatic heterocycles. The summed E-state index contributed by atoms with van der Waals surface area (Å²) in [6, 6.07) is 6.27. The van der Waals surface area contributed by atoms with Crippen LogP contribution in [0.3, 0.4) is 0 Å². The third-order valence-corrected chi connectivity index (χ3v) is 6.99. The van der Waals surface area contributed by atoms with Crippen LogP contribution in [-0.2, 0) is 14.8 Å². The average Bonchev–Trinajstić information content (AvgIpc) is 2.63. The highest BCUT2D eigenvalue weighted by Crippen LogP contribution is 2.26. The van der Waals surface area contributed by atoms with Crippen molar-refractivity contribution in [3.63, 3.8) is 0 Å². The fraction of sp³-hybridized carbons (Fsp3) is 0.611. The Bertz CT molecular complexity index is 714. The molecule has 2 saturated heterocycles. The molecule has 1 unspecified atom stereocenters. The number of carbonyl (C=O) groups excluding carboxylic acids is 1. The molecule has 1 atom stereocenters. The third-order valence-electron chi connectivity index (χ3n) is 5.11. The van der Waals surface area contributed by atoms with Crippen molar-refractivity contribution in [1.29, 1.82) is 0 Å². The van der Waals surface area contributed by atoms with Gasteiger partial charge in [0.05, 0.1) is 4.90 Å². The van der Waals surface area contributed by atoms with Gasteiger partial charge in [-0.1, -0.05) is 6.42 Å². The van der Waals surface area contributed by atoms with E-state index in [1.165, 1.54) is 22.9 Å². The van der Waals surface area contributed by atoms with E-state index in [9.17, 15) is 13.2 Å². The number of nitrogen functional groups attached to an aromatic ring is 1. The van der Waals surface area contributed by atoms with E-state index in [1.54, 1.807) is 12.1 Å². The molecule has 0 spiro atoms. The summed E-state index contributed by atoms with van der Waals surface area (Å²) in [6.45, 7) is 2.68. The summed E-state index contributed by atoms with van der Waals surface area (Å²) < 4.78 is 27.1. The number of benzene rings is 1. The number of nitrogens with zero attached hydrogens (tertiary/aromatic N) is 2. The Morgan fingerprint density at radius 3 is 2.46 bits per heavy atom. The van der Waals surface area contributed by atoms with E-state index in [2.05, 4.69) is 5.43 Å². The molecule has 2 fully saturated rings. The fourth-order valence-electron chi connectivity index (χ4n) is 3.69. The molecule has 8 heteroatoms. The van der Waals surface area contributed by atoms with Crippen LogP contribution in [0.1, 0.15) is 38.5 Å². The van der Waals surface area contributed by atoms with Crippen molar-refractivity contribution in [2.24, 2.45) is 5.92 Å². The van der Waals surface area contributed by atoms with Crippen LogP contribution in [0, 0.1) is 5.92 Å². The van der Waals surface area contributed by atoms with Crippen molar-refractivity contribution in [2.75, 3.05) is 31.9 Å². The second-order valence-corrected chi connectivity index (χ2v) is 9.17. The Balaban J connectivity index is 1.58. The lowest BCUT2D eigenvalue weighted by atomic mass is 9.96. The number of hydrazine groups is 1. The number of sulfonamides is 1. The van der Waals surface area contributed by atoms with Crippen molar-refractivity contribution in [2.45, 2.75) is 43.4 Å². The molecule has 7 nitrogen and oxygen atoms in total. The van der Waals surface area contributed by atoms with Crippen molar-refractivity contribution >= 4 is 21.6 Å². The molecule has 3 rings (SSSR count). The minimum atomic E-state index is -3.54. The van der Waals surface area contributed by atoms with Gasteiger partial charge in [0.2, 0.25) is 15.9 Å². The maximum atomic E-state index is 12.8. The summed E-state index contributed by atoms with van der Waals surface area (Å²) >= 11 is 0. The Hall–Kier alpha value is -1.64.